The van der Waals surface area contributed by atoms with Crippen LogP contribution in [0.1, 0.15) is 32.3 Å². The maximum absolute atomic E-state index is 12.9. The highest BCUT2D eigenvalue weighted by molar-refractivity contribution is 6.00. The van der Waals surface area contributed by atoms with Crippen molar-refractivity contribution in [1.82, 2.24) is 4.90 Å². The summed E-state index contributed by atoms with van der Waals surface area (Å²) in [5.41, 5.74) is 2.64. The van der Waals surface area contributed by atoms with Gasteiger partial charge < -0.3 is 19.9 Å². The van der Waals surface area contributed by atoms with Crippen molar-refractivity contribution in [3.8, 4) is 5.75 Å². The number of hydrogen-bond acceptors (Lipinski definition) is 4. The molecule has 0 aliphatic carbocycles. The van der Waals surface area contributed by atoms with Crippen LogP contribution >= 0.6 is 0 Å². The Morgan fingerprint density at radius 2 is 1.84 bits per heavy atom. The Balaban J connectivity index is 1.53. The van der Waals surface area contributed by atoms with E-state index in [0.717, 1.165) is 29.1 Å². The lowest BCUT2D eigenvalue weighted by Crippen LogP contribution is -2.57. The number of methoxy groups -OCH3 is 1. The van der Waals surface area contributed by atoms with Crippen LogP contribution in [0.2, 0.25) is 0 Å². The van der Waals surface area contributed by atoms with E-state index < -0.39 is 6.04 Å². The van der Waals surface area contributed by atoms with Crippen molar-refractivity contribution in [2.75, 3.05) is 30.4 Å². The first kappa shape index (κ1) is 22.3. The second-order valence-corrected chi connectivity index (χ2v) is 7.55. The lowest BCUT2D eigenvalue weighted by molar-refractivity contribution is -0.141. The van der Waals surface area contributed by atoms with Gasteiger partial charge in [0.05, 0.1) is 7.11 Å². The van der Waals surface area contributed by atoms with Crippen LogP contribution in [-0.2, 0) is 20.8 Å². The first-order valence-electron chi connectivity index (χ1n) is 10.6. The van der Waals surface area contributed by atoms with Gasteiger partial charge >= 0.3 is 0 Å². The van der Waals surface area contributed by atoms with Gasteiger partial charge in [-0.15, -0.1) is 0 Å². The summed E-state index contributed by atoms with van der Waals surface area (Å²) in [5.74, 6) is 0.188. The molecule has 0 saturated carbocycles. The van der Waals surface area contributed by atoms with Crippen LogP contribution in [0.5, 0.6) is 5.75 Å². The monoisotopic (exact) mass is 423 g/mol. The second-order valence-electron chi connectivity index (χ2n) is 7.55. The molecule has 0 aromatic heterocycles. The minimum Gasteiger partial charge on any atom is -0.497 e. The van der Waals surface area contributed by atoms with Gasteiger partial charge in [0.2, 0.25) is 17.7 Å². The van der Waals surface area contributed by atoms with Gasteiger partial charge in [0.1, 0.15) is 11.8 Å². The Kier molecular flexibility index (Phi) is 7.28. The Bertz CT molecular complexity index is 942. The number of benzene rings is 2. The number of amides is 3. The van der Waals surface area contributed by atoms with Crippen molar-refractivity contribution in [2.24, 2.45) is 0 Å². The van der Waals surface area contributed by atoms with Gasteiger partial charge in [-0.3, -0.25) is 14.4 Å². The fraction of sp³-hybridized carbons (Fsp3) is 0.375. The fourth-order valence-electron chi connectivity index (χ4n) is 3.69. The molecule has 1 saturated heterocycles. The molecule has 1 aliphatic heterocycles. The molecule has 1 N–H and O–H groups in total. The van der Waals surface area contributed by atoms with Gasteiger partial charge in [-0.05, 0) is 55.3 Å². The number of nitrogens with zero attached hydrogens (tertiary/aromatic N) is 2. The van der Waals surface area contributed by atoms with Crippen LogP contribution in [-0.4, -0.2) is 48.9 Å². The minimum atomic E-state index is -0.576. The molecule has 0 bridgehead atoms. The number of aryl methyl sites for hydroxylation is 1. The lowest BCUT2D eigenvalue weighted by atomic mass is 10.1. The van der Waals surface area contributed by atoms with Gasteiger partial charge in [-0.1, -0.05) is 19.1 Å². The zero-order chi connectivity index (χ0) is 22.4. The summed E-state index contributed by atoms with van der Waals surface area (Å²) in [7, 11) is 1.59. The van der Waals surface area contributed by atoms with Gasteiger partial charge in [0.15, 0.2) is 0 Å². The first-order chi connectivity index (χ1) is 14.9. The molecular weight excluding hydrogens is 394 g/mol. The Morgan fingerprint density at radius 1 is 1.10 bits per heavy atom. The molecule has 1 unspecified atom stereocenters. The molecule has 0 spiro atoms. The van der Waals surface area contributed by atoms with E-state index in [0.29, 0.717) is 13.1 Å². The van der Waals surface area contributed by atoms with E-state index in [1.54, 1.807) is 36.0 Å². The number of carbonyl (C=O) groups excluding carboxylic acids is 3. The van der Waals surface area contributed by atoms with Gasteiger partial charge in [0.25, 0.3) is 0 Å². The standard InChI is InChI=1S/C24H29N3O4/c1-4-18-6-5-7-19(16-18)25-22(28)12-13-23(29)26-14-15-27(24(30)17(26)2)20-8-10-21(31-3)11-9-20/h5-11,16-17H,4,12-15H2,1-3H3,(H,25,28). The number of hydrogen-bond donors (Lipinski definition) is 1. The van der Waals surface area contributed by atoms with Crippen LogP contribution in [0.3, 0.4) is 0 Å². The molecule has 164 valence electrons. The average Bonchev–Trinajstić information content (AvgIpc) is 2.79. The van der Waals surface area contributed by atoms with Crippen molar-refractivity contribution in [3.63, 3.8) is 0 Å². The largest absolute Gasteiger partial charge is 0.497 e. The molecule has 3 rings (SSSR count). The third-order valence-electron chi connectivity index (χ3n) is 5.54. The molecule has 1 atom stereocenters. The first-order valence-corrected chi connectivity index (χ1v) is 10.6. The highest BCUT2D eigenvalue weighted by Crippen LogP contribution is 2.23. The van der Waals surface area contributed by atoms with Gasteiger partial charge in [0, 0.05) is 37.3 Å². The van der Waals surface area contributed by atoms with Gasteiger partial charge in [-0.25, -0.2) is 0 Å². The molecule has 31 heavy (non-hydrogen) atoms. The molecular formula is C24H29N3O4. The molecule has 3 amide bonds. The maximum atomic E-state index is 12.9. The van der Waals surface area contributed by atoms with Crippen molar-refractivity contribution in [1.29, 1.82) is 0 Å². The SMILES string of the molecule is CCc1cccc(NC(=O)CCC(=O)N2CCN(c3ccc(OC)cc3)C(=O)C2C)c1. The van der Waals surface area contributed by atoms with E-state index in [1.165, 1.54) is 0 Å². The van der Waals surface area contributed by atoms with Crippen molar-refractivity contribution >= 4 is 29.1 Å². The minimum absolute atomic E-state index is 0.0689. The molecule has 1 aliphatic rings. The Labute approximate surface area is 183 Å². The number of anilines is 2. The van der Waals surface area contributed by atoms with Crippen molar-refractivity contribution in [3.05, 3.63) is 54.1 Å². The summed E-state index contributed by atoms with van der Waals surface area (Å²) in [5, 5.41) is 2.84. The summed E-state index contributed by atoms with van der Waals surface area (Å²) in [6, 6.07) is 14.4. The Morgan fingerprint density at radius 3 is 2.52 bits per heavy atom. The van der Waals surface area contributed by atoms with Crippen molar-refractivity contribution in [2.45, 2.75) is 39.2 Å². The predicted molar refractivity (Wildman–Crippen MR) is 120 cm³/mol. The third kappa shape index (κ3) is 5.42. The number of carbonyl (C=O) groups is 3. The van der Waals surface area contributed by atoms with Crippen LogP contribution in [0.15, 0.2) is 48.5 Å². The van der Waals surface area contributed by atoms with Crippen LogP contribution < -0.4 is 15.0 Å². The molecule has 7 heteroatoms. The zero-order valence-electron chi connectivity index (χ0n) is 18.3. The third-order valence-corrected chi connectivity index (χ3v) is 5.54. The summed E-state index contributed by atoms with van der Waals surface area (Å²) < 4.78 is 5.16. The summed E-state index contributed by atoms with van der Waals surface area (Å²) >= 11 is 0. The number of piperazine rings is 1. The maximum Gasteiger partial charge on any atom is 0.249 e. The Hall–Kier alpha value is -3.35. The van der Waals surface area contributed by atoms with Crippen LogP contribution in [0.4, 0.5) is 11.4 Å². The van der Waals surface area contributed by atoms with E-state index >= 15 is 0 Å². The van der Waals surface area contributed by atoms with Gasteiger partial charge in [-0.2, -0.15) is 0 Å². The highest BCUT2D eigenvalue weighted by Gasteiger charge is 2.34. The molecule has 0 radical (unpaired) electrons. The van der Waals surface area contributed by atoms with Crippen LogP contribution in [0, 0.1) is 0 Å². The normalized spacial score (nSPS) is 16.2. The number of nitrogens with one attached hydrogen (secondary N) is 1. The number of rotatable bonds is 7. The molecule has 1 fully saturated rings. The van der Waals surface area contributed by atoms with Crippen LogP contribution in [0.25, 0.3) is 0 Å². The molecule has 2 aromatic rings. The van der Waals surface area contributed by atoms with Crippen molar-refractivity contribution < 1.29 is 19.1 Å². The topological polar surface area (TPSA) is 79.0 Å². The summed E-state index contributed by atoms with van der Waals surface area (Å²) in [4.78, 5) is 41.1. The fourth-order valence-corrected chi connectivity index (χ4v) is 3.69. The summed E-state index contributed by atoms with van der Waals surface area (Å²) in [6.07, 6.45) is 1.03. The number of ether oxygens (including phenoxy) is 1. The average molecular weight is 424 g/mol. The summed E-state index contributed by atoms with van der Waals surface area (Å²) in [6.45, 7) is 4.62. The molecule has 7 nitrogen and oxygen atoms in total. The highest BCUT2D eigenvalue weighted by atomic mass is 16.5. The van der Waals surface area contributed by atoms with E-state index in [9.17, 15) is 14.4 Å². The van der Waals surface area contributed by atoms with E-state index in [-0.39, 0.29) is 30.6 Å². The lowest BCUT2D eigenvalue weighted by Gasteiger charge is -2.39. The second kappa shape index (κ2) is 10.1. The quantitative estimate of drug-likeness (QED) is 0.742. The molecule has 2 aromatic carbocycles. The smallest absolute Gasteiger partial charge is 0.249 e. The zero-order valence-corrected chi connectivity index (χ0v) is 18.3. The van der Waals surface area contributed by atoms with E-state index in [1.807, 2.05) is 36.4 Å². The van der Waals surface area contributed by atoms with E-state index in [2.05, 4.69) is 12.2 Å². The molecule has 1 heterocycles. The van der Waals surface area contributed by atoms with E-state index in [4.69, 9.17) is 4.74 Å². The predicted octanol–water partition coefficient (Wildman–Crippen LogP) is 3.24.